The molecule has 0 aliphatic heterocycles. The van der Waals surface area contributed by atoms with Crippen molar-refractivity contribution in [2.45, 2.75) is 221 Å². The van der Waals surface area contributed by atoms with Gasteiger partial charge in [0, 0.05) is 37.4 Å². The Kier molecular flexibility index (Phi) is 42.8. The van der Waals surface area contributed by atoms with E-state index in [-0.39, 0.29) is 11.8 Å². The van der Waals surface area contributed by atoms with Crippen molar-refractivity contribution in [2.75, 3.05) is 70.4 Å². The molecular weight excluding hydrogens is 717 g/mol. The van der Waals surface area contributed by atoms with Crippen molar-refractivity contribution < 1.29 is 19.0 Å². The Labute approximate surface area is 352 Å². The fraction of sp³-hybridized carbons (Fsp3) is 0.957. The molecule has 0 aliphatic rings. The molecule has 0 aliphatic carbocycles. The standard InChI is InChI=1S/C47H96N4O2S2/c1-6-42-51(9-4,10-5)43-36-32-28-24-20-16-12-14-18-22-26-30-34-38-47(53)49-40-45-55-54-44-39-48-46(52)37-33-29-25-21-17-13-11-15-19-23-27-31-35-41-50(7-2)8-3/h6-45H2,1-5H3,(H-,48,49,52,53)/p+2. The first kappa shape index (κ1) is 54.6. The molecule has 8 heteroatoms. The largest absolute Gasteiger partial charge is 0.355 e. The van der Waals surface area contributed by atoms with Gasteiger partial charge >= 0.3 is 0 Å². The first-order valence-corrected chi connectivity index (χ1v) is 26.9. The molecule has 0 radical (unpaired) electrons. The van der Waals surface area contributed by atoms with Gasteiger partial charge < -0.3 is 20.0 Å². The molecule has 0 saturated carbocycles. The second-order valence-corrected chi connectivity index (χ2v) is 19.4. The smallest absolute Gasteiger partial charge is 0.220 e. The van der Waals surface area contributed by atoms with Crippen LogP contribution in [0.25, 0.3) is 0 Å². The third-order valence-electron chi connectivity index (χ3n) is 12.1. The fourth-order valence-corrected chi connectivity index (χ4v) is 9.90. The van der Waals surface area contributed by atoms with Crippen molar-refractivity contribution in [1.29, 1.82) is 0 Å². The van der Waals surface area contributed by atoms with E-state index in [4.69, 9.17) is 0 Å². The fourth-order valence-electron chi connectivity index (χ4n) is 8.09. The summed E-state index contributed by atoms with van der Waals surface area (Å²) >= 11 is 0. The maximum Gasteiger partial charge on any atom is 0.220 e. The molecule has 0 atom stereocenters. The average molecular weight is 815 g/mol. The number of unbranched alkanes of at least 4 members (excludes halogenated alkanes) is 24. The van der Waals surface area contributed by atoms with Gasteiger partial charge in [-0.3, -0.25) is 9.59 Å². The lowest BCUT2D eigenvalue weighted by molar-refractivity contribution is -0.925. The minimum Gasteiger partial charge on any atom is -0.355 e. The second-order valence-electron chi connectivity index (χ2n) is 16.7. The number of rotatable bonds is 45. The van der Waals surface area contributed by atoms with E-state index < -0.39 is 0 Å². The monoisotopic (exact) mass is 815 g/mol. The second kappa shape index (κ2) is 43.1. The molecule has 0 unspecified atom stereocenters. The predicted octanol–water partition coefficient (Wildman–Crippen LogP) is 11.7. The molecule has 0 aromatic rings. The Morgan fingerprint density at radius 3 is 1.09 bits per heavy atom. The third-order valence-corrected chi connectivity index (χ3v) is 14.5. The van der Waals surface area contributed by atoms with Crippen molar-refractivity contribution >= 4 is 33.4 Å². The maximum absolute atomic E-state index is 12.2. The van der Waals surface area contributed by atoms with Gasteiger partial charge in [0.25, 0.3) is 0 Å². The summed E-state index contributed by atoms with van der Waals surface area (Å²) in [4.78, 5) is 26.1. The van der Waals surface area contributed by atoms with Gasteiger partial charge in [-0.05, 0) is 72.6 Å². The molecule has 0 aromatic heterocycles. The highest BCUT2D eigenvalue weighted by Gasteiger charge is 2.20. The van der Waals surface area contributed by atoms with E-state index in [1.54, 1.807) is 26.5 Å². The van der Waals surface area contributed by atoms with Gasteiger partial charge in [-0.25, -0.2) is 0 Å². The van der Waals surface area contributed by atoms with Gasteiger partial charge in [-0.15, -0.1) is 0 Å². The van der Waals surface area contributed by atoms with Crippen LogP contribution in [0.1, 0.15) is 221 Å². The highest BCUT2D eigenvalue weighted by Crippen LogP contribution is 2.20. The lowest BCUT2D eigenvalue weighted by Gasteiger charge is -2.36. The number of nitrogens with one attached hydrogen (secondary N) is 3. The van der Waals surface area contributed by atoms with Crippen LogP contribution in [0.5, 0.6) is 0 Å². The number of nitrogens with zero attached hydrogens (tertiary/aromatic N) is 1. The Balaban J connectivity index is 3.33. The number of hydrogen-bond donors (Lipinski definition) is 3. The van der Waals surface area contributed by atoms with Gasteiger partial charge in [-0.1, -0.05) is 157 Å². The van der Waals surface area contributed by atoms with Crippen LogP contribution < -0.4 is 15.5 Å². The van der Waals surface area contributed by atoms with Crippen molar-refractivity contribution in [3.63, 3.8) is 0 Å². The van der Waals surface area contributed by atoms with E-state index in [0.717, 1.165) is 37.4 Å². The molecule has 0 aromatic carbocycles. The van der Waals surface area contributed by atoms with Crippen LogP contribution in [-0.2, 0) is 9.59 Å². The van der Waals surface area contributed by atoms with Crippen molar-refractivity contribution in [1.82, 2.24) is 10.6 Å². The average Bonchev–Trinajstić information content (AvgIpc) is 3.19. The Bertz CT molecular complexity index is 810. The maximum atomic E-state index is 12.2. The predicted molar refractivity (Wildman–Crippen MR) is 248 cm³/mol. The lowest BCUT2D eigenvalue weighted by atomic mass is 10.0. The van der Waals surface area contributed by atoms with Gasteiger partial charge in [0.05, 0.1) is 45.8 Å². The van der Waals surface area contributed by atoms with Crippen LogP contribution >= 0.6 is 21.6 Å². The summed E-state index contributed by atoms with van der Waals surface area (Å²) in [5, 5.41) is 6.15. The van der Waals surface area contributed by atoms with E-state index in [1.165, 1.54) is 211 Å². The Morgan fingerprint density at radius 2 is 0.764 bits per heavy atom. The summed E-state index contributed by atoms with van der Waals surface area (Å²) in [6, 6.07) is 0. The van der Waals surface area contributed by atoms with E-state index >= 15 is 0 Å². The number of carbonyl (C=O) groups is 2. The number of amides is 2. The molecule has 0 heterocycles. The number of quaternary nitrogens is 2. The minimum absolute atomic E-state index is 0.200. The van der Waals surface area contributed by atoms with E-state index in [0.29, 0.717) is 12.8 Å². The molecule has 328 valence electrons. The Hall–Kier alpha value is -0.440. The molecule has 0 saturated heterocycles. The van der Waals surface area contributed by atoms with Crippen LogP contribution in [-0.4, -0.2) is 86.7 Å². The van der Waals surface area contributed by atoms with Crippen LogP contribution in [0, 0.1) is 0 Å². The van der Waals surface area contributed by atoms with Gasteiger partial charge in [0.1, 0.15) is 0 Å². The zero-order chi connectivity index (χ0) is 40.3. The van der Waals surface area contributed by atoms with E-state index in [1.807, 2.05) is 0 Å². The number of carbonyl (C=O) groups excluding carboxylic acids is 2. The molecule has 0 fully saturated rings. The van der Waals surface area contributed by atoms with E-state index in [2.05, 4.69) is 45.3 Å². The third kappa shape index (κ3) is 37.6. The highest BCUT2D eigenvalue weighted by atomic mass is 33.1. The lowest BCUT2D eigenvalue weighted by Crippen LogP contribution is -3.11. The summed E-state index contributed by atoms with van der Waals surface area (Å²) < 4.78 is 1.33. The van der Waals surface area contributed by atoms with E-state index in [9.17, 15) is 9.59 Å². The highest BCUT2D eigenvalue weighted by molar-refractivity contribution is 8.76. The molecule has 0 rings (SSSR count). The summed E-state index contributed by atoms with van der Waals surface area (Å²) in [6.07, 6.45) is 37.5. The van der Waals surface area contributed by atoms with Gasteiger partial charge in [-0.2, -0.15) is 0 Å². The first-order valence-electron chi connectivity index (χ1n) is 24.4. The zero-order valence-electron chi connectivity index (χ0n) is 37.9. The van der Waals surface area contributed by atoms with Crippen LogP contribution in [0.15, 0.2) is 0 Å². The Morgan fingerprint density at radius 1 is 0.436 bits per heavy atom. The molecular formula is C47H98N4O2S2+2. The summed E-state index contributed by atoms with van der Waals surface area (Å²) in [5.41, 5.74) is 0. The molecule has 2 amide bonds. The molecule has 6 nitrogen and oxygen atoms in total. The first-order chi connectivity index (χ1) is 27.0. The number of hydrogen-bond acceptors (Lipinski definition) is 4. The van der Waals surface area contributed by atoms with Gasteiger partial charge in [0.15, 0.2) is 0 Å². The van der Waals surface area contributed by atoms with Crippen LogP contribution in [0.4, 0.5) is 0 Å². The van der Waals surface area contributed by atoms with Gasteiger partial charge in [0.2, 0.25) is 11.8 Å². The molecule has 55 heavy (non-hydrogen) atoms. The minimum atomic E-state index is 0.200. The van der Waals surface area contributed by atoms with Crippen LogP contribution in [0.3, 0.4) is 0 Å². The normalized spacial score (nSPS) is 11.8. The molecule has 0 bridgehead atoms. The van der Waals surface area contributed by atoms with Crippen molar-refractivity contribution in [2.24, 2.45) is 0 Å². The zero-order valence-corrected chi connectivity index (χ0v) is 39.5. The van der Waals surface area contributed by atoms with Crippen LogP contribution in [0.2, 0.25) is 0 Å². The topological polar surface area (TPSA) is 62.6 Å². The van der Waals surface area contributed by atoms with Crippen molar-refractivity contribution in [3.05, 3.63) is 0 Å². The summed E-state index contributed by atoms with van der Waals surface area (Å²) in [7, 11) is 3.58. The van der Waals surface area contributed by atoms with Crippen molar-refractivity contribution in [3.8, 4) is 0 Å². The SMILES string of the molecule is CCC[N+](CC)(CC)CCCCCCCCCCCCCCCC(=O)NCCSSCCNC(=O)CCCCCCCCCCCCCCC[NH+](CC)CC. The summed E-state index contributed by atoms with van der Waals surface area (Å²) in [5.74, 6) is 2.23. The summed E-state index contributed by atoms with van der Waals surface area (Å²) in [6.45, 7) is 22.4. The molecule has 3 N–H and O–H groups in total. The molecule has 0 spiro atoms. The quantitative estimate of drug-likeness (QED) is 0.0326.